The van der Waals surface area contributed by atoms with Crippen LogP contribution in [0.1, 0.15) is 18.4 Å². The average molecular weight is 433 g/mol. The first kappa shape index (κ1) is 20.3. The number of fused-ring (bicyclic) bond motifs is 1. The highest BCUT2D eigenvalue weighted by Crippen LogP contribution is 2.25. The van der Waals surface area contributed by atoms with E-state index in [9.17, 15) is 0 Å². The van der Waals surface area contributed by atoms with Gasteiger partial charge in [-0.05, 0) is 30.5 Å². The lowest BCUT2D eigenvalue weighted by atomic mass is 10.1. The number of nitrogens with one attached hydrogen (secondary N) is 1. The van der Waals surface area contributed by atoms with Gasteiger partial charge in [0, 0.05) is 52.2 Å². The van der Waals surface area contributed by atoms with E-state index in [0.717, 1.165) is 48.5 Å². The fraction of sp³-hybridized carbons (Fsp3) is 0.364. The number of rotatable bonds is 6. The van der Waals surface area contributed by atoms with Crippen molar-refractivity contribution in [2.24, 2.45) is 5.73 Å². The van der Waals surface area contributed by atoms with Crippen LogP contribution in [0.2, 0.25) is 0 Å². The standard InChI is InChI=1S/C22H28N10/c1-29(2)19-15-26-32-20(19)27-22(30-12-8-17(23)9-13-30)28-21(32)24-14-16-6-3-4-7-18(16)31-11-5-10-25-31/h3-7,10-11,15,17H,8-9,12-14,23H2,1-2H3,(H,24,27,28). The van der Waals surface area contributed by atoms with Crippen molar-refractivity contribution in [2.75, 3.05) is 42.3 Å². The quantitative estimate of drug-likeness (QED) is 0.476. The second kappa shape index (κ2) is 8.46. The molecule has 166 valence electrons. The van der Waals surface area contributed by atoms with Crippen LogP contribution in [0.3, 0.4) is 0 Å². The van der Waals surface area contributed by atoms with Gasteiger partial charge in [0.1, 0.15) is 5.69 Å². The summed E-state index contributed by atoms with van der Waals surface area (Å²) in [4.78, 5) is 13.9. The van der Waals surface area contributed by atoms with Crippen LogP contribution in [0, 0.1) is 0 Å². The Bertz CT molecular complexity index is 1190. The molecule has 0 bridgehead atoms. The third kappa shape index (κ3) is 3.84. The number of nitrogens with zero attached hydrogens (tertiary/aromatic N) is 8. The Kier molecular flexibility index (Phi) is 5.36. The molecule has 10 nitrogen and oxygen atoms in total. The molecule has 0 unspecified atom stereocenters. The van der Waals surface area contributed by atoms with Gasteiger partial charge in [0.25, 0.3) is 0 Å². The van der Waals surface area contributed by atoms with Crippen LogP contribution in [0.25, 0.3) is 11.3 Å². The molecule has 0 amide bonds. The van der Waals surface area contributed by atoms with Crippen LogP contribution in [-0.4, -0.2) is 62.6 Å². The average Bonchev–Trinajstić information content (AvgIpc) is 3.48. The fourth-order valence-electron chi connectivity index (χ4n) is 3.99. The first-order valence-electron chi connectivity index (χ1n) is 10.9. The topological polar surface area (TPSA) is 105 Å². The number of piperidine rings is 1. The summed E-state index contributed by atoms with van der Waals surface area (Å²) in [6, 6.07) is 10.4. The second-order valence-electron chi connectivity index (χ2n) is 8.26. The molecule has 4 heterocycles. The maximum absolute atomic E-state index is 6.10. The summed E-state index contributed by atoms with van der Waals surface area (Å²) >= 11 is 0. The normalized spacial score (nSPS) is 14.8. The van der Waals surface area contributed by atoms with Crippen molar-refractivity contribution in [3.05, 3.63) is 54.5 Å². The minimum absolute atomic E-state index is 0.249. The molecule has 1 saturated heterocycles. The highest BCUT2D eigenvalue weighted by Gasteiger charge is 2.22. The molecule has 0 spiro atoms. The molecule has 5 rings (SSSR count). The minimum Gasteiger partial charge on any atom is -0.373 e. The smallest absolute Gasteiger partial charge is 0.230 e. The lowest BCUT2D eigenvalue weighted by molar-refractivity contribution is 0.495. The summed E-state index contributed by atoms with van der Waals surface area (Å²) in [6.07, 6.45) is 7.42. The van der Waals surface area contributed by atoms with Crippen molar-refractivity contribution in [1.82, 2.24) is 29.4 Å². The molecule has 10 heteroatoms. The fourth-order valence-corrected chi connectivity index (χ4v) is 3.99. The zero-order valence-corrected chi connectivity index (χ0v) is 18.4. The van der Waals surface area contributed by atoms with Gasteiger partial charge >= 0.3 is 0 Å². The largest absolute Gasteiger partial charge is 0.373 e. The molecular formula is C22H28N10. The van der Waals surface area contributed by atoms with Crippen molar-refractivity contribution < 1.29 is 0 Å². The Morgan fingerprint density at radius 3 is 2.66 bits per heavy atom. The predicted molar refractivity (Wildman–Crippen MR) is 125 cm³/mol. The van der Waals surface area contributed by atoms with E-state index in [1.165, 1.54) is 0 Å². The molecule has 1 aliphatic rings. The van der Waals surface area contributed by atoms with Gasteiger partial charge in [0.15, 0.2) is 5.65 Å². The van der Waals surface area contributed by atoms with E-state index in [0.29, 0.717) is 18.4 Å². The Morgan fingerprint density at radius 2 is 1.91 bits per heavy atom. The van der Waals surface area contributed by atoms with E-state index in [4.69, 9.17) is 15.7 Å². The Hall–Kier alpha value is -3.66. The summed E-state index contributed by atoms with van der Waals surface area (Å²) in [5.41, 5.74) is 9.95. The first-order chi connectivity index (χ1) is 15.6. The molecule has 4 aromatic rings. The number of para-hydroxylation sites is 1. The van der Waals surface area contributed by atoms with Gasteiger partial charge in [0.05, 0.1) is 11.9 Å². The number of hydrogen-bond donors (Lipinski definition) is 2. The molecule has 1 fully saturated rings. The molecule has 0 atom stereocenters. The zero-order valence-electron chi connectivity index (χ0n) is 18.4. The summed E-state index contributed by atoms with van der Waals surface area (Å²) in [7, 11) is 3.98. The molecule has 0 aliphatic carbocycles. The van der Waals surface area contributed by atoms with E-state index in [1.54, 1.807) is 10.7 Å². The highest BCUT2D eigenvalue weighted by atomic mass is 15.4. The zero-order chi connectivity index (χ0) is 22.1. The SMILES string of the molecule is CN(C)c1cnn2c(NCc3ccccc3-n3cccn3)nc(N3CCC(N)CC3)nc12. The molecular weight excluding hydrogens is 404 g/mol. The molecule has 1 aliphatic heterocycles. The van der Waals surface area contributed by atoms with Crippen LogP contribution in [-0.2, 0) is 6.54 Å². The van der Waals surface area contributed by atoms with Crippen molar-refractivity contribution in [1.29, 1.82) is 0 Å². The monoisotopic (exact) mass is 432 g/mol. The van der Waals surface area contributed by atoms with Gasteiger partial charge in [-0.3, -0.25) is 0 Å². The van der Waals surface area contributed by atoms with E-state index in [2.05, 4.69) is 32.5 Å². The molecule has 0 radical (unpaired) electrons. The maximum atomic E-state index is 6.10. The van der Waals surface area contributed by atoms with Crippen LogP contribution >= 0.6 is 0 Å². The summed E-state index contributed by atoms with van der Waals surface area (Å²) < 4.78 is 3.64. The molecule has 32 heavy (non-hydrogen) atoms. The third-order valence-electron chi connectivity index (χ3n) is 5.82. The van der Waals surface area contributed by atoms with Gasteiger partial charge in [-0.1, -0.05) is 18.2 Å². The van der Waals surface area contributed by atoms with Crippen LogP contribution in [0.15, 0.2) is 48.9 Å². The van der Waals surface area contributed by atoms with Gasteiger partial charge in [-0.15, -0.1) is 0 Å². The number of hydrogen-bond acceptors (Lipinski definition) is 8. The Balaban J connectivity index is 1.50. The van der Waals surface area contributed by atoms with Crippen molar-refractivity contribution >= 4 is 23.2 Å². The van der Waals surface area contributed by atoms with Crippen molar-refractivity contribution in [3.8, 4) is 5.69 Å². The van der Waals surface area contributed by atoms with Gasteiger partial charge < -0.3 is 20.9 Å². The molecule has 3 N–H and O–H groups in total. The predicted octanol–water partition coefficient (Wildman–Crippen LogP) is 1.92. The lowest BCUT2D eigenvalue weighted by Gasteiger charge is -2.30. The second-order valence-corrected chi connectivity index (χ2v) is 8.26. The Morgan fingerprint density at radius 1 is 1.09 bits per heavy atom. The number of benzene rings is 1. The third-order valence-corrected chi connectivity index (χ3v) is 5.82. The van der Waals surface area contributed by atoms with E-state index in [1.807, 2.05) is 54.3 Å². The van der Waals surface area contributed by atoms with Crippen LogP contribution in [0.4, 0.5) is 17.6 Å². The molecule has 1 aromatic carbocycles. The summed E-state index contributed by atoms with van der Waals surface area (Å²) in [5, 5.41) is 12.4. The van der Waals surface area contributed by atoms with E-state index in [-0.39, 0.29) is 6.04 Å². The summed E-state index contributed by atoms with van der Waals surface area (Å²) in [6.45, 7) is 2.28. The highest BCUT2D eigenvalue weighted by molar-refractivity contribution is 5.70. The number of aromatic nitrogens is 6. The summed E-state index contributed by atoms with van der Waals surface area (Å²) in [5.74, 6) is 1.36. The minimum atomic E-state index is 0.249. The van der Waals surface area contributed by atoms with Crippen molar-refractivity contribution in [2.45, 2.75) is 25.4 Å². The van der Waals surface area contributed by atoms with Crippen LogP contribution in [0.5, 0.6) is 0 Å². The first-order valence-corrected chi connectivity index (χ1v) is 10.9. The van der Waals surface area contributed by atoms with Crippen molar-refractivity contribution in [3.63, 3.8) is 0 Å². The van der Waals surface area contributed by atoms with Gasteiger partial charge in [0.2, 0.25) is 11.9 Å². The van der Waals surface area contributed by atoms with Crippen LogP contribution < -0.4 is 20.9 Å². The molecule has 0 saturated carbocycles. The number of nitrogens with two attached hydrogens (primary N) is 1. The Labute approximate surface area is 186 Å². The molecule has 3 aromatic heterocycles. The number of anilines is 3. The van der Waals surface area contributed by atoms with Gasteiger partial charge in [-0.25, -0.2) is 4.68 Å². The maximum Gasteiger partial charge on any atom is 0.230 e. The van der Waals surface area contributed by atoms with E-state index < -0.39 is 0 Å². The van der Waals surface area contributed by atoms with E-state index >= 15 is 0 Å². The van der Waals surface area contributed by atoms with Gasteiger partial charge in [-0.2, -0.15) is 24.7 Å². The lowest BCUT2D eigenvalue weighted by Crippen LogP contribution is -2.40.